The van der Waals surface area contributed by atoms with Gasteiger partial charge in [-0.3, -0.25) is 14.9 Å². The minimum atomic E-state index is -0.494. The third-order valence-electron chi connectivity index (χ3n) is 3.56. The fourth-order valence-electron chi connectivity index (χ4n) is 2.39. The van der Waals surface area contributed by atoms with Gasteiger partial charge in [-0.1, -0.05) is 12.1 Å². The van der Waals surface area contributed by atoms with Gasteiger partial charge in [-0.05, 0) is 36.8 Å². The van der Waals surface area contributed by atoms with Crippen LogP contribution in [-0.4, -0.2) is 14.7 Å². The Balaban J connectivity index is 2.11. The number of nitro benzene ring substituents is 1. The largest absolute Gasteiger partial charge is 0.272 e. The van der Waals surface area contributed by atoms with E-state index in [4.69, 9.17) is 0 Å². The predicted molar refractivity (Wildman–Crippen MR) is 86.6 cm³/mol. The van der Waals surface area contributed by atoms with Crippen LogP contribution in [0, 0.1) is 22.9 Å². The second-order valence-electron chi connectivity index (χ2n) is 5.18. The number of halogens is 1. The monoisotopic (exact) mass is 325 g/mol. The van der Waals surface area contributed by atoms with Crippen molar-refractivity contribution in [1.82, 2.24) is 9.78 Å². The highest BCUT2D eigenvalue weighted by molar-refractivity contribution is 5.67. The fourth-order valence-corrected chi connectivity index (χ4v) is 2.39. The third-order valence-corrected chi connectivity index (χ3v) is 3.56. The van der Waals surface area contributed by atoms with Crippen molar-refractivity contribution in [3.8, 4) is 16.8 Å². The van der Waals surface area contributed by atoms with Crippen molar-refractivity contribution >= 4 is 5.69 Å². The van der Waals surface area contributed by atoms with Gasteiger partial charge in [0, 0.05) is 23.8 Å². The van der Waals surface area contributed by atoms with Crippen molar-refractivity contribution in [2.24, 2.45) is 0 Å². The van der Waals surface area contributed by atoms with E-state index < -0.39 is 16.3 Å². The number of nitrogens with zero attached hydrogens (tertiary/aromatic N) is 3. The Kier molecular flexibility index (Phi) is 3.91. The van der Waals surface area contributed by atoms with Gasteiger partial charge in [0.25, 0.3) is 11.2 Å². The molecule has 120 valence electrons. The Bertz CT molecular complexity index is 981. The second-order valence-corrected chi connectivity index (χ2v) is 5.18. The summed E-state index contributed by atoms with van der Waals surface area (Å²) in [5.41, 5.74) is 1.55. The van der Waals surface area contributed by atoms with Crippen LogP contribution in [0.3, 0.4) is 0 Å². The van der Waals surface area contributed by atoms with Gasteiger partial charge < -0.3 is 0 Å². The Morgan fingerprint density at radius 1 is 1.12 bits per heavy atom. The summed E-state index contributed by atoms with van der Waals surface area (Å²) in [4.78, 5) is 22.7. The van der Waals surface area contributed by atoms with Crippen LogP contribution in [0.5, 0.6) is 0 Å². The minimum absolute atomic E-state index is 0.0605. The van der Waals surface area contributed by atoms with Crippen LogP contribution in [-0.2, 0) is 0 Å². The molecule has 0 radical (unpaired) electrons. The average Bonchev–Trinajstić information content (AvgIpc) is 2.57. The van der Waals surface area contributed by atoms with Crippen molar-refractivity contribution in [2.45, 2.75) is 6.92 Å². The predicted octanol–water partition coefficient (Wildman–Crippen LogP) is 3.26. The molecule has 24 heavy (non-hydrogen) atoms. The van der Waals surface area contributed by atoms with Crippen LogP contribution in [0.2, 0.25) is 0 Å². The third kappa shape index (κ3) is 2.91. The number of hydrogen-bond acceptors (Lipinski definition) is 4. The SMILES string of the molecule is Cc1nn(-c2ccc(F)cc2)c(=O)cc1-c1cccc([N+](=O)[O-])c1. The van der Waals surface area contributed by atoms with Crippen LogP contribution in [0.4, 0.5) is 10.1 Å². The molecule has 0 fully saturated rings. The number of aromatic nitrogens is 2. The lowest BCUT2D eigenvalue weighted by Crippen LogP contribution is -2.21. The molecule has 1 heterocycles. The highest BCUT2D eigenvalue weighted by Gasteiger charge is 2.12. The fraction of sp³-hybridized carbons (Fsp3) is 0.0588. The molecule has 0 unspecified atom stereocenters. The average molecular weight is 325 g/mol. The number of nitro groups is 1. The first-order valence-electron chi connectivity index (χ1n) is 7.07. The Hall–Kier alpha value is -3.35. The van der Waals surface area contributed by atoms with E-state index in [0.717, 1.165) is 4.68 Å². The standard InChI is InChI=1S/C17H12FN3O3/c1-11-16(12-3-2-4-15(9-12)21(23)24)10-17(22)20(19-11)14-7-5-13(18)6-8-14/h2-10H,1H3. The van der Waals surface area contributed by atoms with Crippen molar-refractivity contribution in [2.75, 3.05) is 0 Å². The minimum Gasteiger partial charge on any atom is -0.267 e. The maximum atomic E-state index is 13.0. The molecule has 0 aliphatic carbocycles. The Morgan fingerprint density at radius 3 is 2.50 bits per heavy atom. The van der Waals surface area contributed by atoms with Crippen molar-refractivity contribution in [3.63, 3.8) is 0 Å². The van der Waals surface area contributed by atoms with Crippen LogP contribution < -0.4 is 5.56 Å². The van der Waals surface area contributed by atoms with E-state index in [2.05, 4.69) is 5.10 Å². The zero-order valence-corrected chi connectivity index (χ0v) is 12.6. The Labute approximate surface area is 136 Å². The maximum Gasteiger partial charge on any atom is 0.272 e. The summed E-state index contributed by atoms with van der Waals surface area (Å²) in [6, 6.07) is 12.8. The van der Waals surface area contributed by atoms with Crippen LogP contribution >= 0.6 is 0 Å². The zero-order valence-electron chi connectivity index (χ0n) is 12.6. The molecule has 3 aromatic rings. The highest BCUT2D eigenvalue weighted by atomic mass is 19.1. The molecule has 0 aliphatic heterocycles. The molecule has 1 aromatic heterocycles. The molecule has 2 aromatic carbocycles. The van der Waals surface area contributed by atoms with Crippen molar-refractivity contribution in [1.29, 1.82) is 0 Å². The number of hydrogen-bond donors (Lipinski definition) is 0. The molecule has 3 rings (SSSR count). The summed E-state index contributed by atoms with van der Waals surface area (Å²) < 4.78 is 14.2. The molecule has 7 heteroatoms. The molecule has 0 N–H and O–H groups in total. The Morgan fingerprint density at radius 2 is 1.83 bits per heavy atom. The van der Waals surface area contributed by atoms with Gasteiger partial charge in [0.2, 0.25) is 0 Å². The van der Waals surface area contributed by atoms with Crippen molar-refractivity contribution in [3.05, 3.63) is 86.6 Å². The second kappa shape index (κ2) is 6.04. The summed E-state index contributed by atoms with van der Waals surface area (Å²) in [6.07, 6.45) is 0. The van der Waals surface area contributed by atoms with Gasteiger partial charge in [0.05, 0.1) is 16.3 Å². The lowest BCUT2D eigenvalue weighted by atomic mass is 10.0. The van der Waals surface area contributed by atoms with E-state index >= 15 is 0 Å². The number of aryl methyl sites for hydroxylation is 1. The lowest BCUT2D eigenvalue weighted by Gasteiger charge is -2.09. The van der Waals surface area contributed by atoms with E-state index in [1.54, 1.807) is 19.1 Å². The van der Waals surface area contributed by atoms with Gasteiger partial charge in [0.15, 0.2) is 0 Å². The summed E-state index contributed by atoms with van der Waals surface area (Å²) in [5.74, 6) is -0.406. The molecule has 6 nitrogen and oxygen atoms in total. The molecule has 0 saturated carbocycles. The number of benzene rings is 2. The van der Waals surface area contributed by atoms with Gasteiger partial charge >= 0.3 is 0 Å². The summed E-state index contributed by atoms with van der Waals surface area (Å²) in [5, 5.41) is 15.1. The molecule has 0 amide bonds. The quantitative estimate of drug-likeness (QED) is 0.547. The highest BCUT2D eigenvalue weighted by Crippen LogP contribution is 2.24. The first-order valence-corrected chi connectivity index (χ1v) is 7.07. The molecule has 0 saturated heterocycles. The molecular formula is C17H12FN3O3. The van der Waals surface area contributed by atoms with Crippen LogP contribution in [0.1, 0.15) is 5.69 Å². The topological polar surface area (TPSA) is 78.0 Å². The van der Waals surface area contributed by atoms with Gasteiger partial charge in [-0.25, -0.2) is 4.39 Å². The van der Waals surface area contributed by atoms with E-state index in [1.165, 1.54) is 42.5 Å². The van der Waals surface area contributed by atoms with E-state index in [9.17, 15) is 19.3 Å². The van der Waals surface area contributed by atoms with Gasteiger partial charge in [-0.15, -0.1) is 0 Å². The van der Waals surface area contributed by atoms with Gasteiger partial charge in [0.1, 0.15) is 5.82 Å². The maximum absolute atomic E-state index is 13.0. The van der Waals surface area contributed by atoms with Crippen LogP contribution in [0.25, 0.3) is 16.8 Å². The van der Waals surface area contributed by atoms with Crippen molar-refractivity contribution < 1.29 is 9.31 Å². The summed E-state index contributed by atoms with van der Waals surface area (Å²) >= 11 is 0. The summed E-state index contributed by atoms with van der Waals surface area (Å²) in [7, 11) is 0. The first-order chi connectivity index (χ1) is 11.5. The zero-order chi connectivity index (χ0) is 17.3. The smallest absolute Gasteiger partial charge is 0.267 e. The molecule has 0 aliphatic rings. The van der Waals surface area contributed by atoms with E-state index in [0.29, 0.717) is 22.5 Å². The van der Waals surface area contributed by atoms with E-state index in [-0.39, 0.29) is 5.69 Å². The molecular weight excluding hydrogens is 313 g/mol. The molecule has 0 spiro atoms. The first kappa shape index (κ1) is 15.5. The van der Waals surface area contributed by atoms with Gasteiger partial charge in [-0.2, -0.15) is 9.78 Å². The molecule has 0 bridgehead atoms. The molecule has 0 atom stereocenters. The number of rotatable bonds is 3. The number of non-ortho nitro benzene ring substituents is 1. The lowest BCUT2D eigenvalue weighted by molar-refractivity contribution is -0.384. The summed E-state index contributed by atoms with van der Waals surface area (Å²) in [6.45, 7) is 1.70. The van der Waals surface area contributed by atoms with E-state index in [1.807, 2.05) is 0 Å². The van der Waals surface area contributed by atoms with Crippen LogP contribution in [0.15, 0.2) is 59.4 Å². The normalized spacial score (nSPS) is 10.6.